The van der Waals surface area contributed by atoms with E-state index in [1.807, 2.05) is 0 Å². The lowest BCUT2D eigenvalue weighted by atomic mass is 10.4. The number of carboxylic acid groups (broad SMARTS) is 1. The van der Waals surface area contributed by atoms with Gasteiger partial charge in [0.15, 0.2) is 0 Å². The van der Waals surface area contributed by atoms with Crippen molar-refractivity contribution in [3.05, 3.63) is 18.0 Å². The van der Waals surface area contributed by atoms with Crippen LogP contribution >= 0.6 is 0 Å². The first-order valence-corrected chi connectivity index (χ1v) is 4.09. The molecule has 0 atom stereocenters. The van der Waals surface area contributed by atoms with Gasteiger partial charge >= 0.3 is 5.97 Å². The number of hydrogen-bond donors (Lipinski definition) is 2. The predicted molar refractivity (Wildman–Crippen MR) is 51.0 cm³/mol. The lowest BCUT2D eigenvalue weighted by Crippen LogP contribution is -2.27. The van der Waals surface area contributed by atoms with E-state index in [2.05, 4.69) is 16.3 Å². The number of terminal acetylenes is 1. The van der Waals surface area contributed by atoms with Gasteiger partial charge in [-0.1, -0.05) is 5.92 Å². The molecule has 0 bridgehead atoms. The Morgan fingerprint density at radius 3 is 2.93 bits per heavy atom. The highest BCUT2D eigenvalue weighted by molar-refractivity contribution is 5.87. The second-order valence-corrected chi connectivity index (χ2v) is 2.71. The number of nitrogens with one attached hydrogen (secondary N) is 1. The molecule has 78 valence electrons. The number of hydrogen-bond acceptors (Lipinski definition) is 3. The summed E-state index contributed by atoms with van der Waals surface area (Å²) >= 11 is 0. The fourth-order valence-electron chi connectivity index (χ4n) is 0.913. The number of carbonyl (C=O) groups excluding carboxylic acids is 1. The van der Waals surface area contributed by atoms with Crippen LogP contribution in [0.5, 0.6) is 0 Å². The molecule has 1 heterocycles. The van der Waals surface area contributed by atoms with Crippen LogP contribution in [0.2, 0.25) is 0 Å². The van der Waals surface area contributed by atoms with Crippen molar-refractivity contribution in [1.82, 2.24) is 15.1 Å². The lowest BCUT2D eigenvalue weighted by Gasteiger charge is -2.00. The zero-order valence-electron chi connectivity index (χ0n) is 7.80. The van der Waals surface area contributed by atoms with Crippen LogP contribution in [0.4, 0.5) is 0 Å². The molecule has 6 nitrogen and oxygen atoms in total. The highest BCUT2D eigenvalue weighted by Crippen LogP contribution is 1.96. The second kappa shape index (κ2) is 4.81. The van der Waals surface area contributed by atoms with Gasteiger partial charge in [-0.25, -0.2) is 4.79 Å². The Bertz CT molecular complexity index is 416. The first kappa shape index (κ1) is 10.8. The Morgan fingerprint density at radius 2 is 2.40 bits per heavy atom. The lowest BCUT2D eigenvalue weighted by molar-refractivity contribution is -0.121. The van der Waals surface area contributed by atoms with E-state index in [4.69, 9.17) is 11.5 Å². The summed E-state index contributed by atoms with van der Waals surface area (Å²) in [5.41, 5.74) is 0.0414. The molecular weight excluding hydrogens is 198 g/mol. The number of carboxylic acids is 1. The molecule has 0 aliphatic heterocycles. The first-order chi connectivity index (χ1) is 7.13. The summed E-state index contributed by atoms with van der Waals surface area (Å²) < 4.78 is 1.23. The van der Waals surface area contributed by atoms with Crippen molar-refractivity contribution in [2.75, 3.05) is 6.54 Å². The van der Waals surface area contributed by atoms with Crippen LogP contribution in [0.25, 0.3) is 0 Å². The summed E-state index contributed by atoms with van der Waals surface area (Å²) in [6, 6.07) is 0. The molecule has 1 aromatic heterocycles. The first-order valence-electron chi connectivity index (χ1n) is 4.09. The van der Waals surface area contributed by atoms with Crippen molar-refractivity contribution < 1.29 is 14.7 Å². The molecule has 2 N–H and O–H groups in total. The van der Waals surface area contributed by atoms with Crippen molar-refractivity contribution in [3.8, 4) is 12.3 Å². The minimum atomic E-state index is -1.08. The van der Waals surface area contributed by atoms with Crippen LogP contribution < -0.4 is 5.32 Å². The van der Waals surface area contributed by atoms with Crippen LogP contribution in [-0.2, 0) is 11.3 Å². The predicted octanol–water partition coefficient (Wildman–Crippen LogP) is -0.669. The standard InChI is InChI=1S/C9H9N3O3/c1-2-3-10-8(13)6-12-5-7(4-11-12)9(14)15/h1,4-5H,3,6H2,(H,10,13)(H,14,15). The van der Waals surface area contributed by atoms with Crippen LogP contribution in [0.1, 0.15) is 10.4 Å². The van der Waals surface area contributed by atoms with Crippen LogP contribution in [-0.4, -0.2) is 33.3 Å². The van der Waals surface area contributed by atoms with Crippen LogP contribution in [0.3, 0.4) is 0 Å². The number of rotatable bonds is 4. The minimum absolute atomic E-state index is 0.0414. The average Bonchev–Trinajstić information content (AvgIpc) is 2.63. The number of aromatic nitrogens is 2. The van der Waals surface area contributed by atoms with Gasteiger partial charge in [-0.05, 0) is 0 Å². The number of nitrogens with zero attached hydrogens (tertiary/aromatic N) is 2. The summed E-state index contributed by atoms with van der Waals surface area (Å²) in [5.74, 6) is 0.862. The van der Waals surface area contributed by atoms with Crippen molar-refractivity contribution >= 4 is 11.9 Å². The highest BCUT2D eigenvalue weighted by atomic mass is 16.4. The molecule has 1 rings (SSSR count). The molecule has 0 fully saturated rings. The molecule has 1 amide bonds. The maximum Gasteiger partial charge on any atom is 0.338 e. The summed E-state index contributed by atoms with van der Waals surface area (Å²) in [7, 11) is 0. The van der Waals surface area contributed by atoms with Gasteiger partial charge in [-0.3, -0.25) is 9.48 Å². The smallest absolute Gasteiger partial charge is 0.338 e. The Morgan fingerprint density at radius 1 is 1.67 bits per heavy atom. The third kappa shape index (κ3) is 3.15. The summed E-state index contributed by atoms with van der Waals surface area (Å²) in [6.45, 7) is 0.0981. The zero-order valence-corrected chi connectivity index (χ0v) is 7.80. The van der Waals surface area contributed by atoms with Gasteiger partial charge in [0.25, 0.3) is 0 Å². The Balaban J connectivity index is 2.54. The molecule has 0 saturated heterocycles. The summed E-state index contributed by atoms with van der Waals surface area (Å²) in [6.07, 6.45) is 7.40. The minimum Gasteiger partial charge on any atom is -0.478 e. The van der Waals surface area contributed by atoms with Crippen molar-refractivity contribution in [2.24, 2.45) is 0 Å². The van der Waals surface area contributed by atoms with E-state index >= 15 is 0 Å². The van der Waals surface area contributed by atoms with E-state index in [0.29, 0.717) is 0 Å². The highest BCUT2D eigenvalue weighted by Gasteiger charge is 2.07. The molecule has 0 aromatic carbocycles. The second-order valence-electron chi connectivity index (χ2n) is 2.71. The van der Waals surface area contributed by atoms with Crippen molar-refractivity contribution in [2.45, 2.75) is 6.54 Å². The summed E-state index contributed by atoms with van der Waals surface area (Å²) in [5, 5.41) is 14.7. The van der Waals surface area contributed by atoms with Gasteiger partial charge < -0.3 is 10.4 Å². The fraction of sp³-hybridized carbons (Fsp3) is 0.222. The third-order valence-corrected chi connectivity index (χ3v) is 1.57. The fourth-order valence-corrected chi connectivity index (χ4v) is 0.913. The van der Waals surface area contributed by atoms with E-state index in [1.54, 1.807) is 0 Å². The monoisotopic (exact) mass is 207 g/mol. The van der Waals surface area contributed by atoms with Gasteiger partial charge in [-0.15, -0.1) is 6.42 Å². The number of amides is 1. The van der Waals surface area contributed by atoms with E-state index in [1.165, 1.54) is 17.1 Å². The average molecular weight is 207 g/mol. The molecule has 0 aliphatic rings. The maximum atomic E-state index is 11.1. The normalized spacial score (nSPS) is 9.27. The molecule has 0 spiro atoms. The zero-order chi connectivity index (χ0) is 11.3. The number of aromatic carboxylic acids is 1. The third-order valence-electron chi connectivity index (χ3n) is 1.57. The van der Waals surface area contributed by atoms with Gasteiger partial charge in [0.2, 0.25) is 5.91 Å². The largest absolute Gasteiger partial charge is 0.478 e. The molecule has 0 aliphatic carbocycles. The molecule has 0 unspecified atom stereocenters. The van der Waals surface area contributed by atoms with Crippen molar-refractivity contribution in [3.63, 3.8) is 0 Å². The topological polar surface area (TPSA) is 84.2 Å². The van der Waals surface area contributed by atoms with Gasteiger partial charge in [0.05, 0.1) is 18.3 Å². The maximum absolute atomic E-state index is 11.1. The Hall–Kier alpha value is -2.29. The van der Waals surface area contributed by atoms with Gasteiger partial charge in [-0.2, -0.15) is 5.10 Å². The molecular formula is C9H9N3O3. The molecule has 1 aromatic rings. The van der Waals surface area contributed by atoms with Gasteiger partial charge in [0, 0.05) is 6.20 Å². The van der Waals surface area contributed by atoms with Gasteiger partial charge in [0.1, 0.15) is 6.54 Å². The SMILES string of the molecule is C#CCNC(=O)Cn1cc(C(=O)O)cn1. The molecule has 0 saturated carbocycles. The van der Waals surface area contributed by atoms with Crippen molar-refractivity contribution in [1.29, 1.82) is 0 Å². The molecule has 15 heavy (non-hydrogen) atoms. The van der Waals surface area contributed by atoms with E-state index in [0.717, 1.165) is 0 Å². The Labute approximate surface area is 85.9 Å². The van der Waals surface area contributed by atoms with E-state index in [9.17, 15) is 9.59 Å². The number of carbonyl (C=O) groups is 2. The van der Waals surface area contributed by atoms with E-state index < -0.39 is 5.97 Å². The van der Waals surface area contributed by atoms with E-state index in [-0.39, 0.29) is 24.6 Å². The molecule has 0 radical (unpaired) electrons. The van der Waals surface area contributed by atoms with Crippen LogP contribution in [0.15, 0.2) is 12.4 Å². The Kier molecular flexibility index (Phi) is 3.46. The quantitative estimate of drug-likeness (QED) is 0.641. The summed E-state index contributed by atoms with van der Waals surface area (Å²) in [4.78, 5) is 21.6. The van der Waals surface area contributed by atoms with Crippen LogP contribution in [0, 0.1) is 12.3 Å². The molecule has 6 heteroatoms.